The number of ether oxygens (including phenoxy) is 3. The van der Waals surface area contributed by atoms with Gasteiger partial charge in [0.15, 0.2) is 0 Å². The number of aromatic nitrogens is 2. The summed E-state index contributed by atoms with van der Waals surface area (Å²) in [6.45, 7) is 1.96. The van der Waals surface area contributed by atoms with Gasteiger partial charge in [0.2, 0.25) is 5.95 Å². The van der Waals surface area contributed by atoms with Crippen LogP contribution in [0.3, 0.4) is 0 Å². The van der Waals surface area contributed by atoms with E-state index in [1.165, 1.54) is 0 Å². The van der Waals surface area contributed by atoms with Gasteiger partial charge in [-0.1, -0.05) is 0 Å². The number of aliphatic imine (C=N–C) groups is 1. The fourth-order valence-corrected chi connectivity index (χ4v) is 3.66. The summed E-state index contributed by atoms with van der Waals surface area (Å²) in [5.41, 5.74) is 3.89. The highest BCUT2D eigenvalue weighted by molar-refractivity contribution is 5.85. The molecule has 32 heavy (non-hydrogen) atoms. The molecule has 0 spiro atoms. The number of hydrogen-bond acceptors (Lipinski definition) is 8. The van der Waals surface area contributed by atoms with E-state index in [-0.39, 0.29) is 12.6 Å². The van der Waals surface area contributed by atoms with E-state index in [1.807, 2.05) is 29.4 Å². The molecule has 10 heteroatoms. The molecule has 0 bridgehead atoms. The first kappa shape index (κ1) is 22.3. The summed E-state index contributed by atoms with van der Waals surface area (Å²) in [7, 11) is 1.62. The van der Waals surface area contributed by atoms with Crippen LogP contribution in [-0.2, 0) is 29.1 Å². The Labute approximate surface area is 185 Å². The molecule has 0 amide bonds. The number of nitrogens with zero attached hydrogens (tertiary/aromatic N) is 4. The van der Waals surface area contributed by atoms with E-state index in [0.717, 1.165) is 29.2 Å². The lowest BCUT2D eigenvalue weighted by atomic mass is 10.1. The highest BCUT2D eigenvalue weighted by atomic mass is 19.1. The summed E-state index contributed by atoms with van der Waals surface area (Å²) in [4.78, 5) is 15.6. The van der Waals surface area contributed by atoms with Gasteiger partial charge in [0.25, 0.3) is 0 Å². The van der Waals surface area contributed by atoms with Crippen molar-refractivity contribution in [3.05, 3.63) is 35.2 Å². The quantitative estimate of drug-likeness (QED) is 0.631. The number of fused-ring (bicyclic) bond motifs is 1. The number of methoxy groups -OCH3 is 1. The molecule has 1 atom stereocenters. The third-order valence-electron chi connectivity index (χ3n) is 5.37. The third-order valence-corrected chi connectivity index (χ3v) is 5.37. The van der Waals surface area contributed by atoms with Crippen LogP contribution in [0.4, 0.5) is 26.1 Å². The molecule has 0 aliphatic carbocycles. The number of rotatable bonds is 9. The summed E-state index contributed by atoms with van der Waals surface area (Å²) in [6.07, 6.45) is 1.35. The molecule has 0 radical (unpaired) electrons. The number of halogens is 2. The SMILES string of the molecule is COc1cc(Nc2nc3c(c(COC(CF)CF)n2)COCC3)ccc1N1C=NC(C)C1. The first-order valence-electron chi connectivity index (χ1n) is 10.6. The Bertz CT molecular complexity index is 971. The van der Waals surface area contributed by atoms with Gasteiger partial charge in [-0.15, -0.1) is 0 Å². The molecule has 1 aromatic carbocycles. The van der Waals surface area contributed by atoms with Crippen LogP contribution in [-0.4, -0.2) is 62.1 Å². The Hall–Kier alpha value is -2.85. The number of alkyl halides is 2. The molecule has 4 rings (SSSR count). The predicted molar refractivity (Wildman–Crippen MR) is 117 cm³/mol. The van der Waals surface area contributed by atoms with E-state index in [1.54, 1.807) is 7.11 Å². The van der Waals surface area contributed by atoms with Crippen molar-refractivity contribution in [3.63, 3.8) is 0 Å². The van der Waals surface area contributed by atoms with Crippen molar-refractivity contribution in [2.24, 2.45) is 4.99 Å². The second kappa shape index (κ2) is 10.2. The first-order valence-corrected chi connectivity index (χ1v) is 10.6. The lowest BCUT2D eigenvalue weighted by Crippen LogP contribution is -2.22. The van der Waals surface area contributed by atoms with Gasteiger partial charge in [0, 0.05) is 30.3 Å². The van der Waals surface area contributed by atoms with Gasteiger partial charge in [0.05, 0.1) is 56.4 Å². The normalized spacial score (nSPS) is 17.7. The van der Waals surface area contributed by atoms with E-state index in [4.69, 9.17) is 14.2 Å². The lowest BCUT2D eigenvalue weighted by Gasteiger charge is -2.21. The zero-order chi connectivity index (χ0) is 22.5. The summed E-state index contributed by atoms with van der Waals surface area (Å²) in [5, 5.41) is 3.21. The maximum atomic E-state index is 12.8. The molecular formula is C22H27F2N5O3. The van der Waals surface area contributed by atoms with Gasteiger partial charge in [0.1, 0.15) is 25.2 Å². The topological polar surface area (TPSA) is 81.1 Å². The van der Waals surface area contributed by atoms with Crippen molar-refractivity contribution in [2.45, 2.75) is 38.7 Å². The fourth-order valence-electron chi connectivity index (χ4n) is 3.66. The van der Waals surface area contributed by atoms with Gasteiger partial charge in [-0.2, -0.15) is 0 Å². The smallest absolute Gasteiger partial charge is 0.227 e. The van der Waals surface area contributed by atoms with Crippen molar-refractivity contribution in [1.82, 2.24) is 9.97 Å². The van der Waals surface area contributed by atoms with Crippen LogP contribution >= 0.6 is 0 Å². The zero-order valence-corrected chi connectivity index (χ0v) is 18.2. The standard InChI is InChI=1S/C22H27F2N5O3/c1-14-10-29(13-25-14)20-4-3-15(7-21(20)30-2)26-22-27-18-5-6-31-11-17(18)19(28-22)12-32-16(8-23)9-24/h3-4,7,13-14,16H,5-6,8-12H2,1-2H3,(H,26,27,28). The van der Waals surface area contributed by atoms with Gasteiger partial charge in [-0.25, -0.2) is 18.7 Å². The van der Waals surface area contributed by atoms with Crippen molar-refractivity contribution in [2.75, 3.05) is 43.8 Å². The van der Waals surface area contributed by atoms with Crippen LogP contribution in [0.25, 0.3) is 0 Å². The Morgan fingerprint density at radius 2 is 2.12 bits per heavy atom. The molecule has 3 heterocycles. The third kappa shape index (κ3) is 4.97. The molecule has 1 N–H and O–H groups in total. The maximum absolute atomic E-state index is 12.8. The minimum absolute atomic E-state index is 0.0177. The zero-order valence-electron chi connectivity index (χ0n) is 18.2. The van der Waals surface area contributed by atoms with Gasteiger partial charge >= 0.3 is 0 Å². The monoisotopic (exact) mass is 447 g/mol. The Morgan fingerprint density at radius 3 is 2.84 bits per heavy atom. The molecule has 0 saturated carbocycles. The number of anilines is 3. The second-order valence-electron chi connectivity index (χ2n) is 7.74. The molecule has 0 fully saturated rings. The van der Waals surface area contributed by atoms with E-state index in [9.17, 15) is 8.78 Å². The number of benzene rings is 1. The van der Waals surface area contributed by atoms with Crippen LogP contribution in [0.2, 0.25) is 0 Å². The minimum Gasteiger partial charge on any atom is -0.494 e. The summed E-state index contributed by atoms with van der Waals surface area (Å²) in [6, 6.07) is 5.98. The van der Waals surface area contributed by atoms with Crippen LogP contribution in [0.5, 0.6) is 5.75 Å². The summed E-state index contributed by atoms with van der Waals surface area (Å²) < 4.78 is 42.1. The van der Waals surface area contributed by atoms with E-state index >= 15 is 0 Å². The molecule has 2 aliphatic heterocycles. The molecule has 8 nitrogen and oxygen atoms in total. The average Bonchev–Trinajstić information content (AvgIpc) is 3.25. The highest BCUT2D eigenvalue weighted by Gasteiger charge is 2.21. The van der Waals surface area contributed by atoms with Crippen LogP contribution in [0.15, 0.2) is 23.2 Å². The molecule has 1 unspecified atom stereocenters. The van der Waals surface area contributed by atoms with E-state index < -0.39 is 19.5 Å². The molecule has 2 aromatic rings. The molecule has 1 aromatic heterocycles. The van der Waals surface area contributed by atoms with Crippen LogP contribution < -0.4 is 15.0 Å². The maximum Gasteiger partial charge on any atom is 0.227 e. The molecule has 0 saturated heterocycles. The molecular weight excluding hydrogens is 420 g/mol. The predicted octanol–water partition coefficient (Wildman–Crippen LogP) is 3.36. The van der Waals surface area contributed by atoms with Crippen molar-refractivity contribution >= 4 is 23.7 Å². The average molecular weight is 447 g/mol. The van der Waals surface area contributed by atoms with Crippen molar-refractivity contribution < 1.29 is 23.0 Å². The number of hydrogen-bond donors (Lipinski definition) is 1. The van der Waals surface area contributed by atoms with E-state index in [0.29, 0.717) is 37.0 Å². The first-order chi connectivity index (χ1) is 15.6. The Morgan fingerprint density at radius 1 is 1.28 bits per heavy atom. The summed E-state index contributed by atoms with van der Waals surface area (Å²) in [5.74, 6) is 1.08. The Kier molecular flexibility index (Phi) is 7.11. The van der Waals surface area contributed by atoms with Crippen molar-refractivity contribution in [3.8, 4) is 5.75 Å². The number of nitrogens with one attached hydrogen (secondary N) is 1. The minimum atomic E-state index is -1.10. The van der Waals surface area contributed by atoms with Gasteiger partial charge in [-0.05, 0) is 19.1 Å². The molecule has 172 valence electrons. The Balaban J connectivity index is 1.57. The largest absolute Gasteiger partial charge is 0.494 e. The molecule has 2 aliphatic rings. The van der Waals surface area contributed by atoms with Crippen LogP contribution in [0.1, 0.15) is 23.9 Å². The highest BCUT2D eigenvalue weighted by Crippen LogP contribution is 2.33. The van der Waals surface area contributed by atoms with Crippen LogP contribution in [0, 0.1) is 0 Å². The lowest BCUT2D eigenvalue weighted by molar-refractivity contribution is 0.00601. The van der Waals surface area contributed by atoms with E-state index in [2.05, 4.69) is 27.2 Å². The van der Waals surface area contributed by atoms with Gasteiger partial charge < -0.3 is 24.4 Å². The fraction of sp³-hybridized carbons (Fsp3) is 0.500. The second-order valence-corrected chi connectivity index (χ2v) is 7.74. The van der Waals surface area contributed by atoms with Gasteiger partial charge in [-0.3, -0.25) is 4.99 Å². The summed E-state index contributed by atoms with van der Waals surface area (Å²) >= 11 is 0. The van der Waals surface area contributed by atoms with Crippen molar-refractivity contribution in [1.29, 1.82) is 0 Å².